The van der Waals surface area contributed by atoms with Gasteiger partial charge in [0, 0.05) is 49.9 Å². The fourth-order valence-electron chi connectivity index (χ4n) is 4.03. The molecule has 3 rings (SSSR count). The number of hydrogen-bond donors (Lipinski definition) is 1. The van der Waals surface area contributed by atoms with Crippen LogP contribution in [0.5, 0.6) is 0 Å². The van der Waals surface area contributed by atoms with E-state index in [0.29, 0.717) is 13.0 Å². The first kappa shape index (κ1) is 19.1. The van der Waals surface area contributed by atoms with Crippen molar-refractivity contribution in [1.82, 2.24) is 15.2 Å². The van der Waals surface area contributed by atoms with Crippen LogP contribution in [0.25, 0.3) is 0 Å². The third kappa shape index (κ3) is 4.55. The van der Waals surface area contributed by atoms with E-state index in [1.807, 2.05) is 18.7 Å². The summed E-state index contributed by atoms with van der Waals surface area (Å²) < 4.78 is 0. The van der Waals surface area contributed by atoms with Gasteiger partial charge in [-0.05, 0) is 46.0 Å². The average Bonchev–Trinajstić information content (AvgIpc) is 3.08. The van der Waals surface area contributed by atoms with Crippen molar-refractivity contribution in [2.75, 3.05) is 31.1 Å². The van der Waals surface area contributed by atoms with E-state index in [4.69, 9.17) is 0 Å². The van der Waals surface area contributed by atoms with E-state index in [0.717, 1.165) is 62.6 Å². The molecule has 0 radical (unpaired) electrons. The molecule has 0 saturated carbocycles. The minimum absolute atomic E-state index is 0.0613. The van der Waals surface area contributed by atoms with Crippen LogP contribution < -0.4 is 10.2 Å². The van der Waals surface area contributed by atoms with E-state index < -0.39 is 0 Å². The van der Waals surface area contributed by atoms with Crippen LogP contribution in [0.1, 0.15) is 51.1 Å². The topological polar surface area (TPSA) is 65.5 Å². The lowest BCUT2D eigenvalue weighted by Crippen LogP contribution is -2.50. The zero-order valence-electron chi connectivity index (χ0n) is 15.9. The lowest BCUT2D eigenvalue weighted by Gasteiger charge is -2.39. The number of rotatable bonds is 5. The van der Waals surface area contributed by atoms with E-state index in [9.17, 15) is 9.59 Å². The Morgan fingerprint density at radius 2 is 2.00 bits per heavy atom. The lowest BCUT2D eigenvalue weighted by atomic mass is 9.91. The largest absolute Gasteiger partial charge is 0.356 e. The first-order valence-corrected chi connectivity index (χ1v) is 10.7. The molecule has 1 N–H and O–H groups in total. The van der Waals surface area contributed by atoms with Gasteiger partial charge in [0.1, 0.15) is 0 Å². The Labute approximate surface area is 160 Å². The number of thiazole rings is 1. The summed E-state index contributed by atoms with van der Waals surface area (Å²) in [5, 5.41) is 6.01. The number of carbonyl (C=O) groups excluding carboxylic acids is 2. The second kappa shape index (κ2) is 8.84. The van der Waals surface area contributed by atoms with E-state index in [2.05, 4.69) is 20.6 Å². The normalized spacial score (nSPS) is 21.7. The highest BCUT2D eigenvalue weighted by Crippen LogP contribution is 2.29. The minimum atomic E-state index is 0.0613. The zero-order chi connectivity index (χ0) is 18.5. The summed E-state index contributed by atoms with van der Waals surface area (Å²) in [4.78, 5) is 34.0. The van der Waals surface area contributed by atoms with Gasteiger partial charge in [0.05, 0.1) is 5.69 Å². The van der Waals surface area contributed by atoms with Gasteiger partial charge in [-0.3, -0.25) is 9.59 Å². The van der Waals surface area contributed by atoms with Crippen LogP contribution in [0.3, 0.4) is 0 Å². The Morgan fingerprint density at radius 1 is 1.23 bits per heavy atom. The molecule has 0 spiro atoms. The summed E-state index contributed by atoms with van der Waals surface area (Å²) in [5.74, 6) is 0.405. The number of carbonyl (C=O) groups is 2. The Bertz CT molecular complexity index is 625. The summed E-state index contributed by atoms with van der Waals surface area (Å²) in [6, 6.07) is 0.0717. The van der Waals surface area contributed by atoms with Crippen LogP contribution in [0.15, 0.2) is 5.38 Å². The van der Waals surface area contributed by atoms with Crippen LogP contribution in [-0.4, -0.2) is 53.9 Å². The highest BCUT2D eigenvalue weighted by molar-refractivity contribution is 7.13. The number of nitrogens with one attached hydrogen (secondary N) is 1. The molecule has 26 heavy (non-hydrogen) atoms. The number of nitrogens with zero attached hydrogens (tertiary/aromatic N) is 3. The van der Waals surface area contributed by atoms with Crippen molar-refractivity contribution >= 4 is 28.3 Å². The Hall–Kier alpha value is -1.63. The first-order chi connectivity index (χ1) is 12.6. The number of likely N-dealkylation sites (tertiary alicyclic amines) is 1. The summed E-state index contributed by atoms with van der Waals surface area (Å²) in [6.45, 7) is 7.17. The fraction of sp³-hybridized carbons (Fsp3) is 0.737. The molecular weight excluding hydrogens is 348 g/mol. The average molecular weight is 379 g/mol. The van der Waals surface area contributed by atoms with Gasteiger partial charge in [-0.25, -0.2) is 4.98 Å². The van der Waals surface area contributed by atoms with Crippen molar-refractivity contribution in [3.63, 3.8) is 0 Å². The number of hydrogen-bond acceptors (Lipinski definition) is 5. The Morgan fingerprint density at radius 3 is 2.65 bits per heavy atom. The molecule has 1 atom stereocenters. The van der Waals surface area contributed by atoms with Gasteiger partial charge in [0.2, 0.25) is 11.8 Å². The van der Waals surface area contributed by atoms with Gasteiger partial charge < -0.3 is 15.1 Å². The van der Waals surface area contributed by atoms with E-state index in [1.165, 1.54) is 0 Å². The molecule has 2 fully saturated rings. The molecule has 2 amide bonds. The molecule has 2 aliphatic heterocycles. The van der Waals surface area contributed by atoms with E-state index in [-0.39, 0.29) is 23.8 Å². The minimum Gasteiger partial charge on any atom is -0.356 e. The number of aromatic nitrogens is 1. The summed E-state index contributed by atoms with van der Waals surface area (Å²) in [7, 11) is 0. The molecule has 0 aromatic carbocycles. The standard InChI is InChI=1S/C19H30N4O2S/c1-3-20-17(24)12-16-6-4-5-9-23(16)18(25)15-7-10-22(11-8-15)19-21-14(2)13-26-19/h13,15-16H,3-12H2,1-2H3,(H,20,24). The van der Waals surface area contributed by atoms with Gasteiger partial charge in [0.15, 0.2) is 5.13 Å². The second-order valence-electron chi connectivity index (χ2n) is 7.37. The van der Waals surface area contributed by atoms with Crippen molar-refractivity contribution < 1.29 is 9.59 Å². The quantitative estimate of drug-likeness (QED) is 0.855. The Balaban J connectivity index is 1.56. The molecule has 3 heterocycles. The number of piperidine rings is 2. The van der Waals surface area contributed by atoms with Crippen LogP contribution in [0.4, 0.5) is 5.13 Å². The van der Waals surface area contributed by atoms with Crippen molar-refractivity contribution in [1.29, 1.82) is 0 Å². The highest BCUT2D eigenvalue weighted by Gasteiger charge is 2.34. The van der Waals surface area contributed by atoms with Gasteiger partial charge in [0.25, 0.3) is 0 Å². The van der Waals surface area contributed by atoms with Gasteiger partial charge in [-0.2, -0.15) is 0 Å². The number of aryl methyl sites for hydroxylation is 1. The molecule has 0 aliphatic carbocycles. The van der Waals surface area contributed by atoms with Crippen molar-refractivity contribution in [2.24, 2.45) is 5.92 Å². The van der Waals surface area contributed by atoms with Crippen molar-refractivity contribution in [3.8, 4) is 0 Å². The van der Waals surface area contributed by atoms with Crippen LogP contribution >= 0.6 is 11.3 Å². The van der Waals surface area contributed by atoms with E-state index >= 15 is 0 Å². The molecule has 0 bridgehead atoms. The molecule has 1 aromatic heterocycles. The number of anilines is 1. The van der Waals surface area contributed by atoms with Gasteiger partial charge in [-0.1, -0.05) is 0 Å². The third-order valence-electron chi connectivity index (χ3n) is 5.43. The molecule has 2 aliphatic rings. The maximum absolute atomic E-state index is 13.1. The van der Waals surface area contributed by atoms with Gasteiger partial charge >= 0.3 is 0 Å². The molecule has 2 saturated heterocycles. The molecular formula is C19H30N4O2S. The zero-order valence-corrected chi connectivity index (χ0v) is 16.7. The maximum atomic E-state index is 13.1. The predicted octanol–water partition coefficient (Wildman–Crippen LogP) is 2.58. The van der Waals surface area contributed by atoms with Crippen LogP contribution in [0.2, 0.25) is 0 Å². The lowest BCUT2D eigenvalue weighted by molar-refractivity contribution is -0.141. The predicted molar refractivity (Wildman–Crippen MR) is 104 cm³/mol. The molecule has 7 heteroatoms. The summed E-state index contributed by atoms with van der Waals surface area (Å²) in [5.41, 5.74) is 1.06. The molecule has 6 nitrogen and oxygen atoms in total. The molecule has 1 aromatic rings. The van der Waals surface area contributed by atoms with Crippen LogP contribution in [-0.2, 0) is 9.59 Å². The summed E-state index contributed by atoms with van der Waals surface area (Å²) >= 11 is 1.68. The van der Waals surface area contributed by atoms with Crippen molar-refractivity contribution in [3.05, 3.63) is 11.1 Å². The third-order valence-corrected chi connectivity index (χ3v) is 6.45. The molecule has 144 valence electrons. The summed E-state index contributed by atoms with van der Waals surface area (Å²) in [6.07, 6.45) is 5.30. The smallest absolute Gasteiger partial charge is 0.226 e. The Kier molecular flexibility index (Phi) is 6.51. The highest BCUT2D eigenvalue weighted by atomic mass is 32.1. The maximum Gasteiger partial charge on any atom is 0.226 e. The van der Waals surface area contributed by atoms with E-state index in [1.54, 1.807) is 11.3 Å². The second-order valence-corrected chi connectivity index (χ2v) is 8.21. The van der Waals surface area contributed by atoms with Crippen molar-refractivity contribution in [2.45, 2.75) is 58.4 Å². The monoisotopic (exact) mass is 378 g/mol. The SMILES string of the molecule is CCNC(=O)CC1CCCCN1C(=O)C1CCN(c2nc(C)cs2)CC1. The number of amides is 2. The first-order valence-electron chi connectivity index (χ1n) is 9.82. The fourth-order valence-corrected chi connectivity index (χ4v) is 4.88. The van der Waals surface area contributed by atoms with Crippen LogP contribution in [0, 0.1) is 12.8 Å². The van der Waals surface area contributed by atoms with Gasteiger partial charge in [-0.15, -0.1) is 11.3 Å². The molecule has 1 unspecified atom stereocenters.